The molecule has 0 aromatic carbocycles. The Morgan fingerprint density at radius 3 is 2.84 bits per heavy atom. The highest BCUT2D eigenvalue weighted by atomic mass is 127. The molecular weight excluding hydrogens is 451 g/mol. The molecule has 2 aromatic heterocycles. The summed E-state index contributed by atoms with van der Waals surface area (Å²) in [6, 6.07) is 5.69. The third-order valence-corrected chi connectivity index (χ3v) is 4.20. The zero-order valence-electron chi connectivity index (χ0n) is 14.7. The molecule has 2 heterocycles. The first-order chi connectivity index (χ1) is 11.5. The number of aliphatic imine (C=N–C) groups is 1. The van der Waals surface area contributed by atoms with Crippen molar-refractivity contribution in [3.8, 4) is 5.88 Å². The Bertz CT molecular complexity index is 662. The lowest BCUT2D eigenvalue weighted by Gasteiger charge is -2.24. The number of halogens is 1. The van der Waals surface area contributed by atoms with Crippen LogP contribution >= 0.6 is 35.3 Å². The SMILES string of the molecule is CCNC(=NCc1ccnc(OC)c1)NCC(C)(O)c1ccsc1.I. The van der Waals surface area contributed by atoms with Crippen molar-refractivity contribution in [2.24, 2.45) is 4.99 Å². The number of nitrogens with one attached hydrogen (secondary N) is 2. The monoisotopic (exact) mass is 476 g/mol. The van der Waals surface area contributed by atoms with Crippen molar-refractivity contribution in [1.29, 1.82) is 0 Å². The van der Waals surface area contributed by atoms with Crippen LogP contribution in [0.2, 0.25) is 0 Å². The number of ether oxygens (including phenoxy) is 1. The minimum absolute atomic E-state index is 0. The van der Waals surface area contributed by atoms with Crippen LogP contribution in [0, 0.1) is 0 Å². The van der Waals surface area contributed by atoms with Crippen molar-refractivity contribution in [2.75, 3.05) is 20.2 Å². The van der Waals surface area contributed by atoms with Gasteiger partial charge in [0.1, 0.15) is 5.60 Å². The maximum absolute atomic E-state index is 10.6. The van der Waals surface area contributed by atoms with E-state index < -0.39 is 5.60 Å². The van der Waals surface area contributed by atoms with Gasteiger partial charge in [-0.2, -0.15) is 11.3 Å². The highest BCUT2D eigenvalue weighted by Crippen LogP contribution is 2.21. The lowest BCUT2D eigenvalue weighted by atomic mass is 9.99. The standard InChI is InChI=1S/C17H24N4O2S.HI/c1-4-18-16(20-10-13-5-7-19-15(9-13)23-3)21-12-17(2,22)14-6-8-24-11-14;/h5-9,11,22H,4,10,12H2,1-3H3,(H2,18,20,21);1H. The fraction of sp³-hybridized carbons (Fsp3) is 0.412. The number of hydrogen-bond donors (Lipinski definition) is 3. The smallest absolute Gasteiger partial charge is 0.213 e. The molecule has 2 aromatic rings. The van der Waals surface area contributed by atoms with Crippen LogP contribution in [0.1, 0.15) is 25.0 Å². The maximum atomic E-state index is 10.6. The van der Waals surface area contributed by atoms with E-state index in [1.165, 1.54) is 0 Å². The van der Waals surface area contributed by atoms with Gasteiger partial charge in [-0.3, -0.25) is 0 Å². The van der Waals surface area contributed by atoms with E-state index in [1.807, 2.05) is 35.9 Å². The molecule has 0 aliphatic carbocycles. The lowest BCUT2D eigenvalue weighted by molar-refractivity contribution is 0.0621. The molecule has 8 heteroatoms. The topological polar surface area (TPSA) is 78.8 Å². The predicted molar refractivity (Wildman–Crippen MR) is 113 cm³/mol. The van der Waals surface area contributed by atoms with Crippen molar-refractivity contribution >= 4 is 41.3 Å². The average molecular weight is 476 g/mol. The quantitative estimate of drug-likeness (QED) is 0.326. The molecule has 0 radical (unpaired) electrons. The summed E-state index contributed by atoms with van der Waals surface area (Å²) in [4.78, 5) is 8.63. The second-order valence-electron chi connectivity index (χ2n) is 5.54. The molecule has 0 amide bonds. The molecule has 138 valence electrons. The molecule has 0 aliphatic heterocycles. The summed E-state index contributed by atoms with van der Waals surface area (Å²) in [7, 11) is 1.59. The Balaban J connectivity index is 0.00000312. The Labute approximate surface area is 169 Å². The molecule has 2 rings (SSSR count). The van der Waals surface area contributed by atoms with Gasteiger partial charge in [-0.15, -0.1) is 24.0 Å². The molecule has 0 fully saturated rings. The van der Waals surface area contributed by atoms with E-state index >= 15 is 0 Å². The Morgan fingerprint density at radius 2 is 2.20 bits per heavy atom. The second kappa shape index (κ2) is 10.6. The summed E-state index contributed by atoms with van der Waals surface area (Å²) in [5.74, 6) is 1.23. The van der Waals surface area contributed by atoms with E-state index in [9.17, 15) is 5.11 Å². The van der Waals surface area contributed by atoms with Gasteiger partial charge in [-0.25, -0.2) is 9.98 Å². The number of thiophene rings is 1. The van der Waals surface area contributed by atoms with Crippen LogP contribution < -0.4 is 15.4 Å². The fourth-order valence-corrected chi connectivity index (χ4v) is 2.88. The third-order valence-electron chi connectivity index (χ3n) is 3.52. The summed E-state index contributed by atoms with van der Waals surface area (Å²) < 4.78 is 5.12. The first kappa shape index (κ1) is 21.7. The van der Waals surface area contributed by atoms with Gasteiger partial charge < -0.3 is 20.5 Å². The number of aliphatic hydroxyl groups is 1. The molecule has 3 N–H and O–H groups in total. The van der Waals surface area contributed by atoms with Gasteiger partial charge in [0, 0.05) is 18.8 Å². The zero-order valence-corrected chi connectivity index (χ0v) is 17.8. The normalized spacial score (nSPS) is 13.5. The minimum Gasteiger partial charge on any atom is -0.481 e. The molecule has 25 heavy (non-hydrogen) atoms. The van der Waals surface area contributed by atoms with Crippen molar-refractivity contribution in [3.63, 3.8) is 0 Å². The van der Waals surface area contributed by atoms with Crippen LogP contribution in [0.3, 0.4) is 0 Å². The third kappa shape index (κ3) is 6.79. The summed E-state index contributed by atoms with van der Waals surface area (Å²) >= 11 is 1.57. The van der Waals surface area contributed by atoms with Crippen molar-refractivity contribution in [3.05, 3.63) is 46.3 Å². The Hall–Kier alpha value is -1.39. The van der Waals surface area contributed by atoms with Gasteiger partial charge in [0.05, 0.1) is 20.2 Å². The van der Waals surface area contributed by atoms with Gasteiger partial charge in [0.2, 0.25) is 5.88 Å². The van der Waals surface area contributed by atoms with E-state index in [4.69, 9.17) is 4.74 Å². The molecule has 1 unspecified atom stereocenters. The molecule has 1 atom stereocenters. The molecule has 6 nitrogen and oxygen atoms in total. The van der Waals surface area contributed by atoms with Crippen LogP contribution in [0.25, 0.3) is 0 Å². The van der Waals surface area contributed by atoms with Crippen molar-refractivity contribution < 1.29 is 9.84 Å². The summed E-state index contributed by atoms with van der Waals surface area (Å²) in [5.41, 5.74) is 0.953. The number of guanidine groups is 1. The molecule has 0 bridgehead atoms. The second-order valence-corrected chi connectivity index (χ2v) is 6.32. The highest BCUT2D eigenvalue weighted by molar-refractivity contribution is 14.0. The predicted octanol–water partition coefficient (Wildman–Crippen LogP) is 2.73. The zero-order chi connectivity index (χ0) is 17.4. The molecule has 0 saturated carbocycles. The Kier molecular flexibility index (Phi) is 9.15. The largest absolute Gasteiger partial charge is 0.481 e. The number of rotatable bonds is 7. The number of pyridine rings is 1. The van der Waals surface area contributed by atoms with Gasteiger partial charge >= 0.3 is 0 Å². The Morgan fingerprint density at radius 1 is 1.40 bits per heavy atom. The van der Waals surface area contributed by atoms with Crippen LogP contribution in [0.15, 0.2) is 40.1 Å². The number of aromatic nitrogens is 1. The minimum atomic E-state index is -0.948. The van der Waals surface area contributed by atoms with Crippen LogP contribution in [0.4, 0.5) is 0 Å². The number of methoxy groups -OCH3 is 1. The van der Waals surface area contributed by atoms with Gasteiger partial charge in [-0.05, 0) is 47.9 Å². The van der Waals surface area contributed by atoms with Crippen LogP contribution in [-0.4, -0.2) is 36.2 Å². The lowest BCUT2D eigenvalue weighted by Crippen LogP contribution is -2.44. The highest BCUT2D eigenvalue weighted by Gasteiger charge is 2.23. The van der Waals surface area contributed by atoms with E-state index in [0.29, 0.717) is 24.9 Å². The summed E-state index contributed by atoms with van der Waals surface area (Å²) in [6.07, 6.45) is 1.70. The van der Waals surface area contributed by atoms with E-state index in [2.05, 4.69) is 20.6 Å². The summed E-state index contributed by atoms with van der Waals surface area (Å²) in [6.45, 7) is 5.40. The van der Waals surface area contributed by atoms with Crippen molar-refractivity contribution in [1.82, 2.24) is 15.6 Å². The fourth-order valence-electron chi connectivity index (χ4n) is 2.10. The maximum Gasteiger partial charge on any atom is 0.213 e. The van der Waals surface area contributed by atoms with Gasteiger partial charge in [-0.1, -0.05) is 0 Å². The molecule has 0 aliphatic rings. The van der Waals surface area contributed by atoms with Crippen LogP contribution in [0.5, 0.6) is 5.88 Å². The van der Waals surface area contributed by atoms with Crippen LogP contribution in [-0.2, 0) is 12.1 Å². The van der Waals surface area contributed by atoms with E-state index in [1.54, 1.807) is 31.6 Å². The number of hydrogen-bond acceptors (Lipinski definition) is 5. The summed E-state index contributed by atoms with van der Waals surface area (Å²) in [5, 5.41) is 20.9. The molecule has 0 saturated heterocycles. The average Bonchev–Trinajstić information content (AvgIpc) is 3.13. The molecular formula is C17H25IN4O2S. The first-order valence-corrected chi connectivity index (χ1v) is 8.75. The van der Waals surface area contributed by atoms with E-state index in [0.717, 1.165) is 17.7 Å². The van der Waals surface area contributed by atoms with Crippen molar-refractivity contribution in [2.45, 2.75) is 26.0 Å². The number of nitrogens with zero attached hydrogens (tertiary/aromatic N) is 2. The molecule has 0 spiro atoms. The first-order valence-electron chi connectivity index (χ1n) is 7.81. The van der Waals surface area contributed by atoms with E-state index in [-0.39, 0.29) is 24.0 Å². The van der Waals surface area contributed by atoms with Gasteiger partial charge in [0.25, 0.3) is 0 Å². The van der Waals surface area contributed by atoms with Gasteiger partial charge in [0.15, 0.2) is 5.96 Å².